The van der Waals surface area contributed by atoms with Crippen LogP contribution in [0, 0.1) is 12.7 Å². The number of halogens is 2. The number of ether oxygens (including phenoxy) is 1. The monoisotopic (exact) mass is 306 g/mol. The van der Waals surface area contributed by atoms with Crippen LogP contribution in [0.25, 0.3) is 0 Å². The van der Waals surface area contributed by atoms with Gasteiger partial charge in [-0.1, -0.05) is 39.0 Å². The number of aryl methyl sites for hydroxylation is 1. The summed E-state index contributed by atoms with van der Waals surface area (Å²) in [5.74, 6) is 0.934. The van der Waals surface area contributed by atoms with Gasteiger partial charge < -0.3 is 4.74 Å². The van der Waals surface area contributed by atoms with Crippen molar-refractivity contribution in [1.29, 1.82) is 0 Å². The molecule has 0 aromatic heterocycles. The second-order valence-electron chi connectivity index (χ2n) is 6.18. The Morgan fingerprint density at radius 3 is 2.38 bits per heavy atom. The lowest BCUT2D eigenvalue weighted by Gasteiger charge is -2.21. The van der Waals surface area contributed by atoms with E-state index in [-0.39, 0.29) is 17.1 Å². The number of benzene rings is 2. The summed E-state index contributed by atoms with van der Waals surface area (Å²) in [4.78, 5) is 0. The van der Waals surface area contributed by atoms with Gasteiger partial charge in [0, 0.05) is 5.56 Å². The lowest BCUT2D eigenvalue weighted by atomic mass is 9.86. The minimum Gasteiger partial charge on any atom is -0.457 e. The average Bonchev–Trinajstić information content (AvgIpc) is 2.40. The Bertz CT molecular complexity index is 644. The first-order chi connectivity index (χ1) is 9.82. The fourth-order valence-corrected chi connectivity index (χ4v) is 2.37. The molecule has 0 bridgehead atoms. The van der Waals surface area contributed by atoms with Crippen molar-refractivity contribution in [3.05, 3.63) is 58.9 Å². The Balaban J connectivity index is 2.35. The van der Waals surface area contributed by atoms with E-state index >= 15 is 0 Å². The van der Waals surface area contributed by atoms with E-state index in [1.807, 2.05) is 19.1 Å². The molecule has 2 aromatic rings. The first kappa shape index (κ1) is 15.8. The van der Waals surface area contributed by atoms with Crippen LogP contribution in [-0.4, -0.2) is 0 Å². The van der Waals surface area contributed by atoms with Crippen LogP contribution in [-0.2, 0) is 11.3 Å². The molecule has 0 unspecified atom stereocenters. The summed E-state index contributed by atoms with van der Waals surface area (Å²) in [5, 5.41) is 0. The maximum absolute atomic E-state index is 13.7. The quantitative estimate of drug-likeness (QED) is 0.635. The van der Waals surface area contributed by atoms with Crippen LogP contribution >= 0.6 is 11.6 Å². The van der Waals surface area contributed by atoms with Crippen molar-refractivity contribution in [3.8, 4) is 11.5 Å². The van der Waals surface area contributed by atoms with Crippen molar-refractivity contribution < 1.29 is 9.13 Å². The van der Waals surface area contributed by atoms with Gasteiger partial charge in [-0.15, -0.1) is 11.6 Å². The minimum absolute atomic E-state index is 0.0845. The van der Waals surface area contributed by atoms with Crippen LogP contribution in [0.1, 0.15) is 37.5 Å². The van der Waals surface area contributed by atoms with E-state index in [2.05, 4.69) is 26.8 Å². The first-order valence-corrected chi connectivity index (χ1v) is 7.48. The molecule has 0 N–H and O–H groups in total. The molecule has 0 aliphatic heterocycles. The molecule has 0 fully saturated rings. The third-order valence-corrected chi connectivity index (χ3v) is 3.74. The van der Waals surface area contributed by atoms with Gasteiger partial charge in [-0.3, -0.25) is 0 Å². The predicted molar refractivity (Wildman–Crippen MR) is 85.9 cm³/mol. The zero-order valence-electron chi connectivity index (χ0n) is 12.8. The number of rotatable bonds is 3. The highest BCUT2D eigenvalue weighted by atomic mass is 35.5. The molecule has 3 heteroatoms. The van der Waals surface area contributed by atoms with Crippen LogP contribution in [0.2, 0.25) is 0 Å². The molecular formula is C18H20ClFO. The summed E-state index contributed by atoms with van der Waals surface area (Å²) in [6, 6.07) is 10.8. The molecule has 0 saturated heterocycles. The van der Waals surface area contributed by atoms with Gasteiger partial charge in [0.15, 0.2) is 0 Å². The third kappa shape index (κ3) is 3.56. The van der Waals surface area contributed by atoms with E-state index in [0.717, 1.165) is 11.3 Å². The first-order valence-electron chi connectivity index (χ1n) is 6.95. The van der Waals surface area contributed by atoms with Crippen LogP contribution < -0.4 is 4.74 Å². The maximum atomic E-state index is 13.7. The van der Waals surface area contributed by atoms with Gasteiger partial charge >= 0.3 is 0 Å². The molecule has 2 aromatic carbocycles. The van der Waals surface area contributed by atoms with E-state index in [1.165, 1.54) is 11.6 Å². The second kappa shape index (κ2) is 6.07. The lowest BCUT2D eigenvalue weighted by Crippen LogP contribution is -2.11. The van der Waals surface area contributed by atoms with Crippen LogP contribution in [0.4, 0.5) is 4.39 Å². The standard InChI is InChI=1S/C18H20ClFO/c1-12-10-13(18(2,3)4)8-9-16(12)21-17-7-5-6-15(20)14(17)11-19/h5-10H,11H2,1-4H3. The van der Waals surface area contributed by atoms with Gasteiger partial charge in [0.2, 0.25) is 0 Å². The molecule has 112 valence electrons. The Morgan fingerprint density at radius 2 is 1.81 bits per heavy atom. The summed E-state index contributed by atoms with van der Waals surface area (Å²) in [7, 11) is 0. The van der Waals surface area contributed by atoms with Gasteiger partial charge in [0.05, 0.1) is 5.88 Å². The van der Waals surface area contributed by atoms with E-state index in [1.54, 1.807) is 12.1 Å². The van der Waals surface area contributed by atoms with Crippen molar-refractivity contribution in [2.24, 2.45) is 0 Å². The van der Waals surface area contributed by atoms with Crippen molar-refractivity contribution in [3.63, 3.8) is 0 Å². The molecule has 0 amide bonds. The second-order valence-corrected chi connectivity index (χ2v) is 6.45. The largest absolute Gasteiger partial charge is 0.457 e. The molecule has 0 saturated carbocycles. The number of alkyl halides is 1. The van der Waals surface area contributed by atoms with Gasteiger partial charge in [-0.05, 0) is 41.7 Å². The molecule has 0 atom stereocenters. The highest BCUT2D eigenvalue weighted by molar-refractivity contribution is 6.17. The lowest BCUT2D eigenvalue weighted by molar-refractivity contribution is 0.466. The van der Waals surface area contributed by atoms with Crippen molar-refractivity contribution in [2.45, 2.75) is 39.0 Å². The summed E-state index contributed by atoms with van der Waals surface area (Å²) in [6.07, 6.45) is 0. The van der Waals surface area contributed by atoms with Crippen molar-refractivity contribution in [1.82, 2.24) is 0 Å². The van der Waals surface area contributed by atoms with Gasteiger partial charge in [-0.25, -0.2) is 4.39 Å². The summed E-state index contributed by atoms with van der Waals surface area (Å²) < 4.78 is 19.6. The highest BCUT2D eigenvalue weighted by Gasteiger charge is 2.16. The van der Waals surface area contributed by atoms with Gasteiger partial charge in [-0.2, -0.15) is 0 Å². The zero-order chi connectivity index (χ0) is 15.6. The normalized spacial score (nSPS) is 11.5. The van der Waals surface area contributed by atoms with Gasteiger partial charge in [0.1, 0.15) is 17.3 Å². The Kier molecular flexibility index (Phi) is 4.58. The average molecular weight is 307 g/mol. The van der Waals surface area contributed by atoms with Crippen LogP contribution in [0.5, 0.6) is 11.5 Å². The van der Waals surface area contributed by atoms with Crippen LogP contribution in [0.15, 0.2) is 36.4 Å². The zero-order valence-corrected chi connectivity index (χ0v) is 13.6. The Hall–Kier alpha value is -1.54. The van der Waals surface area contributed by atoms with Crippen LogP contribution in [0.3, 0.4) is 0 Å². The molecule has 0 radical (unpaired) electrons. The number of hydrogen-bond acceptors (Lipinski definition) is 1. The minimum atomic E-state index is -0.341. The predicted octanol–water partition coefficient (Wildman–Crippen LogP) is 5.96. The third-order valence-electron chi connectivity index (χ3n) is 3.47. The molecular weight excluding hydrogens is 287 g/mol. The topological polar surface area (TPSA) is 9.23 Å². The fraction of sp³-hybridized carbons (Fsp3) is 0.333. The number of hydrogen-bond donors (Lipinski definition) is 0. The summed E-state index contributed by atoms with van der Waals surface area (Å²) >= 11 is 5.81. The highest BCUT2D eigenvalue weighted by Crippen LogP contribution is 2.33. The maximum Gasteiger partial charge on any atom is 0.134 e. The van der Waals surface area contributed by atoms with E-state index < -0.39 is 0 Å². The van der Waals surface area contributed by atoms with E-state index in [9.17, 15) is 4.39 Å². The van der Waals surface area contributed by atoms with Gasteiger partial charge in [0.25, 0.3) is 0 Å². The van der Waals surface area contributed by atoms with Crippen molar-refractivity contribution >= 4 is 11.6 Å². The SMILES string of the molecule is Cc1cc(C(C)(C)C)ccc1Oc1cccc(F)c1CCl. The summed E-state index contributed by atoms with van der Waals surface area (Å²) in [6.45, 7) is 8.49. The molecule has 2 rings (SSSR count). The smallest absolute Gasteiger partial charge is 0.134 e. The van der Waals surface area contributed by atoms with E-state index in [4.69, 9.17) is 16.3 Å². The molecule has 0 heterocycles. The Morgan fingerprint density at radius 1 is 1.10 bits per heavy atom. The molecule has 0 spiro atoms. The molecule has 0 aliphatic rings. The molecule has 21 heavy (non-hydrogen) atoms. The van der Waals surface area contributed by atoms with E-state index in [0.29, 0.717) is 11.3 Å². The van der Waals surface area contributed by atoms with Crippen molar-refractivity contribution in [2.75, 3.05) is 0 Å². The fourth-order valence-electron chi connectivity index (χ4n) is 2.11. The molecule has 1 nitrogen and oxygen atoms in total. The molecule has 0 aliphatic carbocycles. The summed E-state index contributed by atoms with van der Waals surface area (Å²) in [5.41, 5.74) is 2.73. The Labute approximate surface area is 130 Å².